The van der Waals surface area contributed by atoms with Crippen molar-refractivity contribution in [3.05, 3.63) is 22.8 Å². The fourth-order valence-corrected chi connectivity index (χ4v) is 2.52. The first-order chi connectivity index (χ1) is 7.79. The lowest BCUT2D eigenvalue weighted by Gasteiger charge is -2.33. The average Bonchev–Trinajstić information content (AvgIpc) is 2.31. The molecule has 1 saturated heterocycles. The molecule has 1 aliphatic heterocycles. The van der Waals surface area contributed by atoms with Crippen molar-refractivity contribution in [2.75, 3.05) is 31.6 Å². The standard InChI is InChI=1S/C12H18BrN3/c1-14-7-10-3-2-6-16(9-10)12-5-4-11(13)8-15-12/h4-5,8,10,14H,2-3,6-7,9H2,1H3. The van der Waals surface area contributed by atoms with E-state index in [2.05, 4.69) is 43.3 Å². The summed E-state index contributed by atoms with van der Waals surface area (Å²) < 4.78 is 1.04. The van der Waals surface area contributed by atoms with Crippen molar-refractivity contribution >= 4 is 21.7 Å². The van der Waals surface area contributed by atoms with Crippen LogP contribution in [-0.2, 0) is 0 Å². The summed E-state index contributed by atoms with van der Waals surface area (Å²) in [5.74, 6) is 1.85. The fourth-order valence-electron chi connectivity index (χ4n) is 2.28. The maximum Gasteiger partial charge on any atom is 0.128 e. The molecule has 0 radical (unpaired) electrons. The normalized spacial score (nSPS) is 21.1. The molecule has 0 saturated carbocycles. The number of anilines is 1. The van der Waals surface area contributed by atoms with E-state index >= 15 is 0 Å². The predicted molar refractivity (Wildman–Crippen MR) is 70.8 cm³/mol. The highest BCUT2D eigenvalue weighted by Gasteiger charge is 2.19. The summed E-state index contributed by atoms with van der Waals surface area (Å²) in [6.45, 7) is 3.36. The van der Waals surface area contributed by atoms with Gasteiger partial charge in [-0.3, -0.25) is 0 Å². The molecule has 0 amide bonds. The Morgan fingerprint density at radius 2 is 2.44 bits per heavy atom. The molecule has 1 aliphatic rings. The van der Waals surface area contributed by atoms with Crippen LogP contribution >= 0.6 is 15.9 Å². The van der Waals surface area contributed by atoms with Crippen LogP contribution in [0.15, 0.2) is 22.8 Å². The summed E-state index contributed by atoms with van der Waals surface area (Å²) >= 11 is 3.42. The molecule has 88 valence electrons. The zero-order valence-corrected chi connectivity index (χ0v) is 11.2. The van der Waals surface area contributed by atoms with E-state index in [4.69, 9.17) is 0 Å². The topological polar surface area (TPSA) is 28.2 Å². The molecular formula is C12H18BrN3. The van der Waals surface area contributed by atoms with Gasteiger partial charge in [-0.1, -0.05) is 0 Å². The van der Waals surface area contributed by atoms with Gasteiger partial charge < -0.3 is 10.2 Å². The second-order valence-electron chi connectivity index (χ2n) is 4.35. The minimum atomic E-state index is 0.754. The van der Waals surface area contributed by atoms with Gasteiger partial charge >= 0.3 is 0 Å². The highest BCUT2D eigenvalue weighted by atomic mass is 79.9. The summed E-state index contributed by atoms with van der Waals surface area (Å²) in [4.78, 5) is 6.84. The third kappa shape index (κ3) is 2.95. The van der Waals surface area contributed by atoms with Crippen LogP contribution in [0.1, 0.15) is 12.8 Å². The van der Waals surface area contributed by atoms with Crippen molar-refractivity contribution in [3.8, 4) is 0 Å². The Bertz CT molecular complexity index is 324. The summed E-state index contributed by atoms with van der Waals surface area (Å²) in [5, 5.41) is 3.26. The van der Waals surface area contributed by atoms with Crippen molar-refractivity contribution < 1.29 is 0 Å². The number of rotatable bonds is 3. The van der Waals surface area contributed by atoms with Gasteiger partial charge in [0.05, 0.1) is 0 Å². The molecule has 1 atom stereocenters. The van der Waals surface area contributed by atoms with E-state index < -0.39 is 0 Å². The maximum absolute atomic E-state index is 4.46. The van der Waals surface area contributed by atoms with Gasteiger partial charge in [0, 0.05) is 23.8 Å². The molecule has 1 fully saturated rings. The number of nitrogens with zero attached hydrogens (tertiary/aromatic N) is 2. The van der Waals surface area contributed by atoms with E-state index in [1.54, 1.807) is 0 Å². The number of nitrogens with one attached hydrogen (secondary N) is 1. The Kier molecular flexibility index (Phi) is 4.18. The molecule has 0 bridgehead atoms. The Labute approximate surface area is 105 Å². The van der Waals surface area contributed by atoms with Crippen LogP contribution in [0.5, 0.6) is 0 Å². The number of pyridine rings is 1. The van der Waals surface area contributed by atoms with Gasteiger partial charge in [-0.25, -0.2) is 4.98 Å². The molecule has 2 rings (SSSR count). The summed E-state index contributed by atoms with van der Waals surface area (Å²) in [6.07, 6.45) is 4.47. The first kappa shape index (κ1) is 11.9. The van der Waals surface area contributed by atoms with Crippen molar-refractivity contribution in [2.45, 2.75) is 12.8 Å². The van der Waals surface area contributed by atoms with Crippen molar-refractivity contribution in [3.63, 3.8) is 0 Å². The number of halogens is 1. The second-order valence-corrected chi connectivity index (χ2v) is 5.26. The molecule has 16 heavy (non-hydrogen) atoms. The van der Waals surface area contributed by atoms with Crippen LogP contribution in [0.3, 0.4) is 0 Å². The van der Waals surface area contributed by atoms with Gasteiger partial charge in [0.2, 0.25) is 0 Å². The number of aromatic nitrogens is 1. The molecule has 0 aromatic carbocycles. The van der Waals surface area contributed by atoms with Gasteiger partial charge in [0.1, 0.15) is 5.82 Å². The molecule has 2 heterocycles. The number of piperidine rings is 1. The number of hydrogen-bond donors (Lipinski definition) is 1. The van der Waals surface area contributed by atoms with Crippen LogP contribution in [0.4, 0.5) is 5.82 Å². The predicted octanol–water partition coefficient (Wildman–Crippen LogP) is 2.28. The number of hydrogen-bond acceptors (Lipinski definition) is 3. The Hall–Kier alpha value is -0.610. The monoisotopic (exact) mass is 283 g/mol. The van der Waals surface area contributed by atoms with Gasteiger partial charge in [0.25, 0.3) is 0 Å². The third-order valence-corrected chi connectivity index (χ3v) is 3.52. The van der Waals surface area contributed by atoms with Gasteiger partial charge in [0.15, 0.2) is 0 Å². The van der Waals surface area contributed by atoms with E-state index in [-0.39, 0.29) is 0 Å². The first-order valence-electron chi connectivity index (χ1n) is 5.80. The SMILES string of the molecule is CNCC1CCCN(c2ccc(Br)cn2)C1. The van der Waals surface area contributed by atoms with Gasteiger partial charge in [-0.2, -0.15) is 0 Å². The molecule has 3 nitrogen and oxygen atoms in total. The molecule has 1 N–H and O–H groups in total. The highest BCUT2D eigenvalue weighted by Crippen LogP contribution is 2.22. The summed E-state index contributed by atoms with van der Waals surface area (Å²) in [5.41, 5.74) is 0. The van der Waals surface area contributed by atoms with Crippen LogP contribution in [0.25, 0.3) is 0 Å². The van der Waals surface area contributed by atoms with E-state index in [0.29, 0.717) is 0 Å². The van der Waals surface area contributed by atoms with Crippen molar-refractivity contribution in [1.29, 1.82) is 0 Å². The Morgan fingerprint density at radius 3 is 3.12 bits per heavy atom. The lowest BCUT2D eigenvalue weighted by atomic mass is 9.98. The van der Waals surface area contributed by atoms with Crippen molar-refractivity contribution in [1.82, 2.24) is 10.3 Å². The van der Waals surface area contributed by atoms with Gasteiger partial charge in [-0.05, 0) is 60.4 Å². The summed E-state index contributed by atoms with van der Waals surface area (Å²) in [6, 6.07) is 4.15. The van der Waals surface area contributed by atoms with Gasteiger partial charge in [-0.15, -0.1) is 0 Å². The second kappa shape index (κ2) is 5.64. The van der Waals surface area contributed by atoms with E-state index in [1.807, 2.05) is 13.2 Å². The summed E-state index contributed by atoms with van der Waals surface area (Å²) in [7, 11) is 2.02. The quantitative estimate of drug-likeness (QED) is 0.923. The smallest absolute Gasteiger partial charge is 0.128 e. The maximum atomic E-state index is 4.46. The Balaban J connectivity index is 2.01. The third-order valence-electron chi connectivity index (χ3n) is 3.05. The van der Waals surface area contributed by atoms with Crippen LogP contribution < -0.4 is 10.2 Å². The van der Waals surface area contributed by atoms with E-state index in [9.17, 15) is 0 Å². The van der Waals surface area contributed by atoms with Crippen LogP contribution in [-0.4, -0.2) is 31.7 Å². The lowest BCUT2D eigenvalue weighted by Crippen LogP contribution is -2.39. The zero-order chi connectivity index (χ0) is 11.4. The fraction of sp³-hybridized carbons (Fsp3) is 0.583. The molecule has 1 unspecified atom stereocenters. The van der Waals surface area contributed by atoms with Crippen LogP contribution in [0, 0.1) is 5.92 Å². The first-order valence-corrected chi connectivity index (χ1v) is 6.60. The molecule has 0 aliphatic carbocycles. The van der Waals surface area contributed by atoms with E-state index in [1.165, 1.54) is 12.8 Å². The molecule has 1 aromatic rings. The largest absolute Gasteiger partial charge is 0.356 e. The lowest BCUT2D eigenvalue weighted by molar-refractivity contribution is 0.401. The molecule has 4 heteroatoms. The minimum Gasteiger partial charge on any atom is -0.356 e. The van der Waals surface area contributed by atoms with Crippen molar-refractivity contribution in [2.24, 2.45) is 5.92 Å². The van der Waals surface area contributed by atoms with E-state index in [0.717, 1.165) is 35.8 Å². The molecular weight excluding hydrogens is 266 g/mol. The molecule has 1 aromatic heterocycles. The highest BCUT2D eigenvalue weighted by molar-refractivity contribution is 9.10. The zero-order valence-electron chi connectivity index (χ0n) is 9.62. The van der Waals surface area contributed by atoms with Crippen LogP contribution in [0.2, 0.25) is 0 Å². The minimum absolute atomic E-state index is 0.754. The Morgan fingerprint density at radius 1 is 1.56 bits per heavy atom. The average molecular weight is 284 g/mol. The molecule has 0 spiro atoms.